The Hall–Kier alpha value is -0.730. The van der Waals surface area contributed by atoms with E-state index in [0.29, 0.717) is 12.0 Å². The lowest BCUT2D eigenvalue weighted by atomic mass is 9.68. The summed E-state index contributed by atoms with van der Waals surface area (Å²) < 4.78 is 0. The van der Waals surface area contributed by atoms with Crippen molar-refractivity contribution in [3.8, 4) is 0 Å². The molecule has 2 saturated heterocycles. The van der Waals surface area contributed by atoms with Crippen LogP contribution in [0.1, 0.15) is 43.2 Å². The average molecular weight is 335 g/mol. The quantitative estimate of drug-likeness (QED) is 0.623. The molecule has 2 atom stereocenters. The maximum Gasteiger partial charge on any atom is 0.109 e. The number of halogens is 2. The van der Waals surface area contributed by atoms with E-state index >= 15 is 0 Å². The van der Waals surface area contributed by atoms with Crippen LogP contribution in [-0.4, -0.2) is 16.8 Å². The Labute approximate surface area is 141 Å². The number of fused-ring (bicyclic) bond motifs is 1. The smallest absolute Gasteiger partial charge is 0.109 e. The molecular weight excluding hydrogens is 315 g/mol. The van der Waals surface area contributed by atoms with Gasteiger partial charge < -0.3 is 4.90 Å². The molecule has 2 unspecified atom stereocenters. The van der Waals surface area contributed by atoms with Crippen molar-refractivity contribution >= 4 is 34.7 Å². The molecule has 0 aromatic heterocycles. The first-order valence-electron chi connectivity index (χ1n) is 8.43. The van der Waals surface area contributed by atoms with Gasteiger partial charge in [0.1, 0.15) is 5.84 Å². The lowest BCUT2D eigenvalue weighted by molar-refractivity contribution is 0.128. The summed E-state index contributed by atoms with van der Waals surface area (Å²) in [5.41, 5.74) is 3.30. The highest BCUT2D eigenvalue weighted by molar-refractivity contribution is 6.36. The molecule has 5 aliphatic rings. The zero-order valence-electron chi connectivity index (χ0n) is 12.8. The van der Waals surface area contributed by atoms with Crippen molar-refractivity contribution in [2.45, 2.75) is 51.6 Å². The van der Waals surface area contributed by atoms with E-state index in [1.54, 1.807) is 0 Å². The minimum absolute atomic E-state index is 0.654. The Kier molecular flexibility index (Phi) is 2.89. The summed E-state index contributed by atoms with van der Waals surface area (Å²) in [6.07, 6.45) is 6.83. The van der Waals surface area contributed by atoms with Crippen LogP contribution in [0.25, 0.3) is 0 Å². The standard InChI is InChI=1S/C18H20Cl2N2/c1-9-15(19)7-16(20)14-8-22-13-5-10-2-11(6-13)4-12(3-10)18(22)21-17(9)14/h7,10-13H,2-6,8H2,1H3. The molecule has 2 saturated carbocycles. The van der Waals surface area contributed by atoms with Gasteiger partial charge in [0.25, 0.3) is 0 Å². The molecule has 22 heavy (non-hydrogen) atoms. The number of amidine groups is 1. The summed E-state index contributed by atoms with van der Waals surface area (Å²) in [5, 5.41) is 1.51. The van der Waals surface area contributed by atoms with Crippen molar-refractivity contribution in [3.05, 3.63) is 27.2 Å². The largest absolute Gasteiger partial charge is 0.352 e. The molecule has 2 nitrogen and oxygen atoms in total. The van der Waals surface area contributed by atoms with Crippen molar-refractivity contribution < 1.29 is 0 Å². The number of rotatable bonds is 0. The molecule has 1 aromatic rings. The van der Waals surface area contributed by atoms with Crippen molar-refractivity contribution in [1.29, 1.82) is 0 Å². The third kappa shape index (κ3) is 1.83. The van der Waals surface area contributed by atoms with E-state index < -0.39 is 0 Å². The Bertz CT molecular complexity index is 683. The molecule has 3 heterocycles. The minimum Gasteiger partial charge on any atom is -0.352 e. The van der Waals surface area contributed by atoms with Gasteiger partial charge >= 0.3 is 0 Å². The fourth-order valence-corrected chi connectivity index (χ4v) is 5.93. The number of nitrogens with zero attached hydrogens (tertiary/aromatic N) is 2. The fraction of sp³-hybridized carbons (Fsp3) is 0.611. The van der Waals surface area contributed by atoms with Gasteiger partial charge in [0.15, 0.2) is 0 Å². The van der Waals surface area contributed by atoms with Crippen LogP contribution in [0.2, 0.25) is 10.0 Å². The molecule has 0 amide bonds. The van der Waals surface area contributed by atoms with Crippen LogP contribution in [0, 0.1) is 24.7 Å². The Morgan fingerprint density at radius 2 is 1.77 bits per heavy atom. The van der Waals surface area contributed by atoms with Gasteiger partial charge in [0.2, 0.25) is 0 Å². The van der Waals surface area contributed by atoms with Crippen molar-refractivity contribution in [3.63, 3.8) is 0 Å². The number of aliphatic imine (C=N–C) groups is 1. The molecule has 6 rings (SSSR count). The lowest BCUT2D eigenvalue weighted by Gasteiger charge is -2.39. The van der Waals surface area contributed by atoms with E-state index in [1.807, 2.05) is 6.07 Å². The maximum absolute atomic E-state index is 6.49. The van der Waals surface area contributed by atoms with Crippen LogP contribution in [-0.2, 0) is 6.54 Å². The molecule has 0 spiro atoms. The SMILES string of the molecule is Cc1c(Cl)cc(Cl)c2c1N=C1C3CC4CC(C3)CC(C4)N1C2. The summed E-state index contributed by atoms with van der Waals surface area (Å²) in [7, 11) is 0. The number of hydrogen-bond acceptors (Lipinski definition) is 2. The summed E-state index contributed by atoms with van der Waals surface area (Å²) in [5.74, 6) is 3.82. The predicted octanol–water partition coefficient (Wildman–Crippen LogP) is 5.36. The van der Waals surface area contributed by atoms with Crippen LogP contribution in [0.5, 0.6) is 0 Å². The summed E-state index contributed by atoms with van der Waals surface area (Å²) >= 11 is 12.8. The molecule has 0 radical (unpaired) electrons. The van der Waals surface area contributed by atoms with Crippen LogP contribution in [0.15, 0.2) is 11.1 Å². The average Bonchev–Trinajstić information content (AvgIpc) is 2.65. The second-order valence-electron chi connectivity index (χ2n) is 7.65. The van der Waals surface area contributed by atoms with Crippen molar-refractivity contribution in [1.82, 2.24) is 4.90 Å². The second-order valence-corrected chi connectivity index (χ2v) is 8.47. The van der Waals surface area contributed by atoms with E-state index in [-0.39, 0.29) is 0 Å². The predicted molar refractivity (Wildman–Crippen MR) is 91.2 cm³/mol. The molecule has 116 valence electrons. The molecule has 4 heteroatoms. The highest BCUT2D eigenvalue weighted by Gasteiger charge is 2.46. The minimum atomic E-state index is 0.654. The normalized spacial score (nSPS) is 35.0. The van der Waals surface area contributed by atoms with Gasteiger partial charge in [-0.05, 0) is 62.5 Å². The molecule has 2 aliphatic carbocycles. The Morgan fingerprint density at radius 1 is 1.05 bits per heavy atom. The molecule has 0 N–H and O–H groups in total. The second kappa shape index (κ2) is 4.64. The van der Waals surface area contributed by atoms with Gasteiger partial charge in [-0.15, -0.1) is 0 Å². The van der Waals surface area contributed by atoms with Crippen LogP contribution in [0.4, 0.5) is 5.69 Å². The lowest BCUT2D eigenvalue weighted by Crippen LogP contribution is -2.42. The van der Waals surface area contributed by atoms with Crippen LogP contribution < -0.4 is 0 Å². The van der Waals surface area contributed by atoms with Gasteiger partial charge in [-0.25, -0.2) is 4.99 Å². The molecule has 1 aromatic carbocycles. The van der Waals surface area contributed by atoms with Gasteiger partial charge in [0.05, 0.1) is 5.69 Å². The Morgan fingerprint density at radius 3 is 2.50 bits per heavy atom. The van der Waals surface area contributed by atoms with E-state index in [9.17, 15) is 0 Å². The first-order chi connectivity index (χ1) is 10.6. The monoisotopic (exact) mass is 334 g/mol. The highest BCUT2D eigenvalue weighted by atomic mass is 35.5. The first kappa shape index (κ1) is 13.7. The van der Waals surface area contributed by atoms with E-state index in [2.05, 4.69) is 11.8 Å². The third-order valence-corrected chi connectivity index (χ3v) is 7.04. The zero-order valence-corrected chi connectivity index (χ0v) is 14.3. The Balaban J connectivity index is 1.69. The molecule has 4 fully saturated rings. The summed E-state index contributed by atoms with van der Waals surface area (Å²) in [6, 6.07) is 2.56. The number of benzene rings is 1. The van der Waals surface area contributed by atoms with Crippen molar-refractivity contribution in [2.75, 3.05) is 0 Å². The van der Waals surface area contributed by atoms with E-state index in [0.717, 1.165) is 39.7 Å². The highest BCUT2D eigenvalue weighted by Crippen LogP contribution is 2.51. The van der Waals surface area contributed by atoms with E-state index in [1.165, 1.54) is 43.5 Å². The molecule has 3 aliphatic heterocycles. The first-order valence-corrected chi connectivity index (χ1v) is 9.18. The number of hydrogen-bond donors (Lipinski definition) is 0. The summed E-state index contributed by atoms with van der Waals surface area (Å²) in [4.78, 5) is 7.71. The van der Waals surface area contributed by atoms with Crippen molar-refractivity contribution in [2.24, 2.45) is 22.7 Å². The van der Waals surface area contributed by atoms with E-state index in [4.69, 9.17) is 28.2 Å². The molecular formula is C18H20Cl2N2. The third-order valence-electron chi connectivity index (χ3n) is 6.31. The fourth-order valence-electron chi connectivity index (χ4n) is 5.41. The van der Waals surface area contributed by atoms with Gasteiger partial charge in [-0.1, -0.05) is 23.2 Å². The van der Waals surface area contributed by atoms with Gasteiger partial charge in [-0.3, -0.25) is 0 Å². The summed E-state index contributed by atoms with van der Waals surface area (Å²) in [6.45, 7) is 2.99. The van der Waals surface area contributed by atoms with Gasteiger partial charge in [-0.2, -0.15) is 0 Å². The van der Waals surface area contributed by atoms with Crippen LogP contribution >= 0.6 is 23.2 Å². The molecule has 4 bridgehead atoms. The van der Waals surface area contributed by atoms with Gasteiger partial charge in [0, 0.05) is 34.1 Å². The maximum atomic E-state index is 6.49. The van der Waals surface area contributed by atoms with Crippen LogP contribution in [0.3, 0.4) is 0 Å². The zero-order chi connectivity index (χ0) is 15.0. The topological polar surface area (TPSA) is 15.6 Å².